The van der Waals surface area contributed by atoms with Crippen LogP contribution in [-0.2, 0) is 0 Å². The highest BCUT2D eigenvalue weighted by Gasteiger charge is 2.20. The molecule has 2 atom stereocenters. The van der Waals surface area contributed by atoms with E-state index in [4.69, 9.17) is 0 Å². The molecule has 1 aliphatic rings. The number of thioether (sulfide) groups is 1. The lowest BCUT2D eigenvalue weighted by atomic mass is 10.2. The average Bonchev–Trinajstić information content (AvgIpc) is 2.07. The third kappa shape index (κ3) is 1.31. The maximum Gasteiger partial charge on any atom is 0.0480 e. The van der Waals surface area contributed by atoms with Crippen LogP contribution < -0.4 is 5.32 Å². The number of nitrogens with one attached hydrogen (secondary N) is 1. The summed E-state index contributed by atoms with van der Waals surface area (Å²) in [7, 11) is 0. The van der Waals surface area contributed by atoms with Crippen LogP contribution >= 0.6 is 11.8 Å². The van der Waals surface area contributed by atoms with E-state index in [1.54, 1.807) is 0 Å². The van der Waals surface area contributed by atoms with Gasteiger partial charge >= 0.3 is 0 Å². The van der Waals surface area contributed by atoms with Gasteiger partial charge in [0, 0.05) is 21.9 Å². The van der Waals surface area contributed by atoms with E-state index in [0.29, 0.717) is 11.3 Å². The van der Waals surface area contributed by atoms with Crippen molar-refractivity contribution >= 4 is 17.4 Å². The van der Waals surface area contributed by atoms with E-state index in [9.17, 15) is 0 Å². The molecule has 0 spiro atoms. The second kappa shape index (κ2) is 3.02. The normalized spacial score (nSPS) is 27.5. The number of fused-ring (bicyclic) bond motifs is 1. The first-order chi connectivity index (χ1) is 5.77. The molecule has 0 aliphatic carbocycles. The van der Waals surface area contributed by atoms with Crippen molar-refractivity contribution in [3.8, 4) is 0 Å². The Morgan fingerprint density at radius 3 is 2.83 bits per heavy atom. The lowest BCUT2D eigenvalue weighted by Gasteiger charge is -2.29. The van der Waals surface area contributed by atoms with Crippen LogP contribution in [0.15, 0.2) is 29.2 Å². The summed E-state index contributed by atoms with van der Waals surface area (Å²) >= 11 is 1.96. The van der Waals surface area contributed by atoms with Gasteiger partial charge in [-0.25, -0.2) is 0 Å². The molecule has 0 fully saturated rings. The summed E-state index contributed by atoms with van der Waals surface area (Å²) in [6.45, 7) is 4.49. The molecule has 1 aliphatic heterocycles. The first kappa shape index (κ1) is 7.99. The molecule has 1 aromatic rings. The Morgan fingerprint density at radius 2 is 2.00 bits per heavy atom. The number of hydrogen-bond acceptors (Lipinski definition) is 2. The van der Waals surface area contributed by atoms with E-state index in [0.717, 1.165) is 0 Å². The Hall–Kier alpha value is -0.630. The molecule has 1 N–H and O–H groups in total. The van der Waals surface area contributed by atoms with Crippen molar-refractivity contribution in [3.05, 3.63) is 24.3 Å². The van der Waals surface area contributed by atoms with Crippen LogP contribution in [0, 0.1) is 0 Å². The van der Waals surface area contributed by atoms with Gasteiger partial charge in [-0.2, -0.15) is 0 Å². The van der Waals surface area contributed by atoms with Gasteiger partial charge < -0.3 is 5.32 Å². The summed E-state index contributed by atoms with van der Waals surface area (Å²) in [5.41, 5.74) is 1.29. The van der Waals surface area contributed by atoms with E-state index in [1.165, 1.54) is 10.6 Å². The zero-order chi connectivity index (χ0) is 8.55. The van der Waals surface area contributed by atoms with Gasteiger partial charge in [0.25, 0.3) is 0 Å². The van der Waals surface area contributed by atoms with E-state index >= 15 is 0 Å². The van der Waals surface area contributed by atoms with Crippen molar-refractivity contribution in [2.24, 2.45) is 0 Å². The fourth-order valence-corrected chi connectivity index (χ4v) is 2.44. The molecule has 0 saturated carbocycles. The van der Waals surface area contributed by atoms with Gasteiger partial charge in [-0.3, -0.25) is 0 Å². The zero-order valence-corrected chi connectivity index (χ0v) is 8.19. The molecule has 1 nitrogen and oxygen atoms in total. The number of hydrogen-bond donors (Lipinski definition) is 1. The van der Waals surface area contributed by atoms with Crippen LogP contribution in [-0.4, -0.2) is 11.3 Å². The Balaban J connectivity index is 2.34. The van der Waals surface area contributed by atoms with Crippen LogP contribution in [0.5, 0.6) is 0 Å². The van der Waals surface area contributed by atoms with Crippen LogP contribution in [0.2, 0.25) is 0 Å². The van der Waals surface area contributed by atoms with Crippen molar-refractivity contribution in [2.75, 3.05) is 5.32 Å². The van der Waals surface area contributed by atoms with Crippen LogP contribution in [0.25, 0.3) is 0 Å². The fourth-order valence-electron chi connectivity index (χ4n) is 1.35. The second-order valence-electron chi connectivity index (χ2n) is 3.25. The summed E-state index contributed by atoms with van der Waals surface area (Å²) in [6.07, 6.45) is 0. The smallest absolute Gasteiger partial charge is 0.0480 e. The molecule has 0 amide bonds. The molecule has 1 heterocycles. The molecule has 64 valence electrons. The van der Waals surface area contributed by atoms with Gasteiger partial charge in [0.2, 0.25) is 0 Å². The average molecular weight is 179 g/mol. The highest BCUT2D eigenvalue weighted by molar-refractivity contribution is 8.00. The van der Waals surface area contributed by atoms with Gasteiger partial charge in [-0.1, -0.05) is 19.1 Å². The first-order valence-corrected chi connectivity index (χ1v) is 5.17. The van der Waals surface area contributed by atoms with Gasteiger partial charge in [0.15, 0.2) is 0 Å². The zero-order valence-electron chi connectivity index (χ0n) is 7.37. The summed E-state index contributed by atoms with van der Waals surface area (Å²) in [6, 6.07) is 9.07. The topological polar surface area (TPSA) is 12.0 Å². The summed E-state index contributed by atoms with van der Waals surface area (Å²) < 4.78 is 0. The van der Waals surface area contributed by atoms with Crippen molar-refractivity contribution in [1.29, 1.82) is 0 Å². The lowest BCUT2D eigenvalue weighted by Crippen LogP contribution is -2.29. The van der Waals surface area contributed by atoms with Crippen LogP contribution in [0.1, 0.15) is 13.8 Å². The van der Waals surface area contributed by atoms with Crippen LogP contribution in [0.3, 0.4) is 0 Å². The third-order valence-corrected chi connectivity index (χ3v) is 3.68. The predicted octanol–water partition coefficient (Wildman–Crippen LogP) is 2.98. The van der Waals surface area contributed by atoms with Crippen molar-refractivity contribution in [2.45, 2.75) is 30.0 Å². The molecule has 0 unspecified atom stereocenters. The molecule has 12 heavy (non-hydrogen) atoms. The SMILES string of the molecule is C[C@@H]1Nc2ccccc2S[C@@H]1C. The monoisotopic (exact) mass is 179 g/mol. The largest absolute Gasteiger partial charge is 0.381 e. The van der Waals surface area contributed by atoms with E-state index < -0.39 is 0 Å². The number of rotatable bonds is 0. The number of benzene rings is 1. The molecule has 0 saturated heterocycles. The maximum atomic E-state index is 3.49. The van der Waals surface area contributed by atoms with Crippen molar-refractivity contribution < 1.29 is 0 Å². The minimum absolute atomic E-state index is 0.574. The standard InChI is InChI=1S/C10H13NS/c1-7-8(2)12-10-6-4-3-5-9(10)11-7/h3-8,11H,1-2H3/t7-,8+/m0/s1. The van der Waals surface area contributed by atoms with Gasteiger partial charge in [-0.15, -0.1) is 11.8 Å². The highest BCUT2D eigenvalue weighted by Crippen LogP contribution is 2.36. The Labute approximate surface area is 77.6 Å². The van der Waals surface area contributed by atoms with Gasteiger partial charge in [-0.05, 0) is 19.1 Å². The number of para-hydroxylation sites is 1. The number of anilines is 1. The molecule has 0 radical (unpaired) electrons. The Morgan fingerprint density at radius 1 is 1.25 bits per heavy atom. The highest BCUT2D eigenvalue weighted by atomic mass is 32.2. The maximum absolute atomic E-state index is 3.49. The third-order valence-electron chi connectivity index (χ3n) is 2.29. The molecular formula is C10H13NS. The van der Waals surface area contributed by atoms with E-state index in [2.05, 4.69) is 43.4 Å². The molecule has 2 rings (SSSR count). The molecule has 1 aromatic carbocycles. The molecule has 0 aromatic heterocycles. The second-order valence-corrected chi connectivity index (χ2v) is 4.67. The fraction of sp³-hybridized carbons (Fsp3) is 0.400. The van der Waals surface area contributed by atoms with Crippen molar-refractivity contribution in [1.82, 2.24) is 0 Å². The summed E-state index contributed by atoms with van der Waals surface area (Å²) in [5, 5.41) is 4.16. The minimum Gasteiger partial charge on any atom is -0.381 e. The van der Waals surface area contributed by atoms with Gasteiger partial charge in [0.1, 0.15) is 0 Å². The van der Waals surface area contributed by atoms with Gasteiger partial charge in [0.05, 0.1) is 0 Å². The van der Waals surface area contributed by atoms with Crippen LogP contribution in [0.4, 0.5) is 5.69 Å². The molecule has 2 heteroatoms. The quantitative estimate of drug-likeness (QED) is 0.657. The molecular weight excluding hydrogens is 166 g/mol. The summed E-state index contributed by atoms with van der Waals surface area (Å²) in [4.78, 5) is 1.38. The predicted molar refractivity (Wildman–Crippen MR) is 54.8 cm³/mol. The Kier molecular flexibility index (Phi) is 2.01. The first-order valence-electron chi connectivity index (χ1n) is 4.29. The lowest BCUT2D eigenvalue weighted by molar-refractivity contribution is 0.767. The molecule has 0 bridgehead atoms. The summed E-state index contributed by atoms with van der Waals surface area (Å²) in [5.74, 6) is 0. The van der Waals surface area contributed by atoms with E-state index in [-0.39, 0.29) is 0 Å². The van der Waals surface area contributed by atoms with E-state index in [1.807, 2.05) is 11.8 Å². The van der Waals surface area contributed by atoms with Crippen molar-refractivity contribution in [3.63, 3.8) is 0 Å². The Bertz CT molecular complexity index is 256. The minimum atomic E-state index is 0.574.